The SMILES string of the molecule is N#Cc1c(C(F)(F)F)cc(-c2cccs2)nc1[C@@H](C(=O)Nc1cc(Cl)c(Cl)cc1Cl)c1ccccc1. The number of halogens is 6. The topological polar surface area (TPSA) is 65.8 Å². The lowest BCUT2D eigenvalue weighted by Crippen LogP contribution is -2.25. The van der Waals surface area contributed by atoms with Crippen LogP contribution in [0.15, 0.2) is 66.0 Å². The summed E-state index contributed by atoms with van der Waals surface area (Å²) in [5.74, 6) is -2.14. The molecule has 0 aliphatic heterocycles. The van der Waals surface area contributed by atoms with E-state index in [-0.39, 0.29) is 32.1 Å². The number of nitrogens with zero attached hydrogens (tertiary/aromatic N) is 2. The van der Waals surface area contributed by atoms with Gasteiger partial charge in [0.15, 0.2) is 0 Å². The van der Waals surface area contributed by atoms with E-state index in [1.54, 1.807) is 53.9 Å². The normalized spacial score (nSPS) is 12.1. The summed E-state index contributed by atoms with van der Waals surface area (Å²) in [4.78, 5) is 18.5. The van der Waals surface area contributed by atoms with Gasteiger partial charge < -0.3 is 5.32 Å². The molecule has 2 heterocycles. The van der Waals surface area contributed by atoms with E-state index in [1.807, 2.05) is 0 Å². The molecule has 1 amide bonds. The van der Waals surface area contributed by atoms with Crippen molar-refractivity contribution in [2.45, 2.75) is 12.1 Å². The first kappa shape index (κ1) is 26.0. The molecule has 4 rings (SSSR count). The highest BCUT2D eigenvalue weighted by Crippen LogP contribution is 2.40. The number of carbonyl (C=O) groups is 1. The van der Waals surface area contributed by atoms with Crippen molar-refractivity contribution >= 4 is 57.7 Å². The van der Waals surface area contributed by atoms with E-state index in [1.165, 1.54) is 23.5 Å². The van der Waals surface area contributed by atoms with Crippen LogP contribution in [0.1, 0.15) is 28.3 Å². The molecule has 0 fully saturated rings. The lowest BCUT2D eigenvalue weighted by Gasteiger charge is -2.21. The maximum absolute atomic E-state index is 14.1. The molecule has 4 nitrogen and oxygen atoms in total. The molecule has 2 aromatic carbocycles. The van der Waals surface area contributed by atoms with Gasteiger partial charge in [-0.15, -0.1) is 11.3 Å². The molecule has 2 aromatic heterocycles. The van der Waals surface area contributed by atoms with Crippen LogP contribution in [0.3, 0.4) is 0 Å². The molecule has 182 valence electrons. The van der Waals surface area contributed by atoms with Crippen molar-refractivity contribution in [2.75, 3.05) is 5.32 Å². The summed E-state index contributed by atoms with van der Waals surface area (Å²) in [5.41, 5.74) is -1.84. The van der Waals surface area contributed by atoms with Gasteiger partial charge in [0.25, 0.3) is 0 Å². The molecule has 11 heteroatoms. The molecule has 0 saturated carbocycles. The van der Waals surface area contributed by atoms with E-state index < -0.39 is 29.1 Å². The van der Waals surface area contributed by atoms with Crippen LogP contribution in [0, 0.1) is 11.3 Å². The summed E-state index contributed by atoms with van der Waals surface area (Å²) in [6.07, 6.45) is -4.86. The molecular weight excluding hydrogens is 554 g/mol. The van der Waals surface area contributed by atoms with Crippen molar-refractivity contribution in [2.24, 2.45) is 0 Å². The third-order valence-corrected chi connectivity index (χ3v) is 7.10. The number of nitriles is 1. The Hall–Kier alpha value is -3.09. The van der Waals surface area contributed by atoms with Crippen molar-refractivity contribution in [1.82, 2.24) is 4.98 Å². The molecule has 4 aromatic rings. The summed E-state index contributed by atoms with van der Waals surface area (Å²) < 4.78 is 42.2. The number of hydrogen-bond donors (Lipinski definition) is 1. The van der Waals surface area contributed by atoms with Crippen LogP contribution >= 0.6 is 46.1 Å². The molecule has 0 radical (unpaired) electrons. The Balaban J connectivity index is 1.94. The van der Waals surface area contributed by atoms with E-state index >= 15 is 0 Å². The van der Waals surface area contributed by atoms with Crippen LogP contribution in [-0.4, -0.2) is 10.9 Å². The first-order chi connectivity index (χ1) is 17.1. The fraction of sp³-hybridized carbons (Fsp3) is 0.0800. The number of amides is 1. The van der Waals surface area contributed by atoms with Crippen LogP contribution < -0.4 is 5.32 Å². The number of thiophene rings is 1. The first-order valence-electron chi connectivity index (χ1n) is 10.2. The minimum absolute atomic E-state index is 0.00683. The van der Waals surface area contributed by atoms with Crippen molar-refractivity contribution in [3.63, 3.8) is 0 Å². The summed E-state index contributed by atoms with van der Waals surface area (Å²) >= 11 is 19.4. The Morgan fingerprint density at radius 3 is 2.31 bits per heavy atom. The number of benzene rings is 2. The van der Waals surface area contributed by atoms with Gasteiger partial charge in [0.2, 0.25) is 5.91 Å². The van der Waals surface area contributed by atoms with Gasteiger partial charge in [-0.3, -0.25) is 4.79 Å². The van der Waals surface area contributed by atoms with E-state index in [2.05, 4.69) is 10.3 Å². The molecule has 0 saturated heterocycles. The minimum Gasteiger partial charge on any atom is -0.324 e. The Morgan fingerprint density at radius 2 is 1.69 bits per heavy atom. The molecule has 0 aliphatic carbocycles. The zero-order valence-corrected chi connectivity index (χ0v) is 21.0. The lowest BCUT2D eigenvalue weighted by atomic mass is 9.89. The molecular formula is C25H13Cl3F3N3OS. The van der Waals surface area contributed by atoms with Gasteiger partial charge in [-0.25, -0.2) is 4.98 Å². The number of carbonyl (C=O) groups excluding carboxylic acids is 1. The molecule has 36 heavy (non-hydrogen) atoms. The summed E-state index contributed by atoms with van der Waals surface area (Å²) in [6, 6.07) is 16.4. The van der Waals surface area contributed by atoms with Gasteiger partial charge in [0, 0.05) is 0 Å². The van der Waals surface area contributed by atoms with Crippen LogP contribution in [0.5, 0.6) is 0 Å². The summed E-state index contributed by atoms with van der Waals surface area (Å²) in [7, 11) is 0. The fourth-order valence-corrected chi connectivity index (χ4v) is 4.85. The predicted octanol–water partition coefficient (Wildman–Crippen LogP) is 8.43. The summed E-state index contributed by atoms with van der Waals surface area (Å²) in [5, 5.41) is 14.4. The molecule has 0 bridgehead atoms. The maximum Gasteiger partial charge on any atom is 0.417 e. The number of alkyl halides is 3. The van der Waals surface area contributed by atoms with E-state index in [0.717, 1.165) is 6.07 Å². The molecule has 0 aliphatic rings. The fourth-order valence-electron chi connectivity index (χ4n) is 3.57. The third-order valence-electron chi connectivity index (χ3n) is 5.17. The average molecular weight is 567 g/mol. The highest BCUT2D eigenvalue weighted by molar-refractivity contribution is 7.13. The number of anilines is 1. The van der Waals surface area contributed by atoms with Crippen LogP contribution in [0.25, 0.3) is 10.6 Å². The van der Waals surface area contributed by atoms with E-state index in [9.17, 15) is 23.2 Å². The monoisotopic (exact) mass is 565 g/mol. The maximum atomic E-state index is 14.1. The van der Waals surface area contributed by atoms with Crippen LogP contribution in [0.4, 0.5) is 18.9 Å². The van der Waals surface area contributed by atoms with Gasteiger partial charge in [0.05, 0.1) is 48.1 Å². The lowest BCUT2D eigenvalue weighted by molar-refractivity contribution is -0.138. The first-order valence-corrected chi connectivity index (χ1v) is 12.2. The zero-order chi connectivity index (χ0) is 26.0. The Kier molecular flexibility index (Phi) is 7.57. The van der Waals surface area contributed by atoms with Gasteiger partial charge in [-0.1, -0.05) is 71.2 Å². The second-order valence-electron chi connectivity index (χ2n) is 7.48. The Bertz CT molecular complexity index is 1470. The second kappa shape index (κ2) is 10.5. The highest BCUT2D eigenvalue weighted by Gasteiger charge is 2.39. The van der Waals surface area contributed by atoms with Crippen LogP contribution in [-0.2, 0) is 11.0 Å². The largest absolute Gasteiger partial charge is 0.417 e. The quantitative estimate of drug-likeness (QED) is 0.247. The standard InChI is InChI=1S/C25H13Cl3F3N3OS/c26-16-10-18(28)19(11-17(16)27)34-24(35)22(13-5-2-1-3-6-13)23-14(12-32)15(25(29,30)31)9-20(33-23)21-7-4-8-36-21/h1-11,22H,(H,34,35)/t22-/m0/s1. The van der Waals surface area contributed by atoms with Crippen molar-refractivity contribution in [3.05, 3.63) is 103 Å². The highest BCUT2D eigenvalue weighted by atomic mass is 35.5. The number of nitrogens with one attached hydrogen (secondary N) is 1. The number of aromatic nitrogens is 1. The second-order valence-corrected chi connectivity index (χ2v) is 9.65. The van der Waals surface area contributed by atoms with E-state index in [4.69, 9.17) is 34.8 Å². The number of hydrogen-bond acceptors (Lipinski definition) is 4. The number of pyridine rings is 1. The molecule has 0 unspecified atom stereocenters. The predicted molar refractivity (Wildman–Crippen MR) is 136 cm³/mol. The van der Waals surface area contributed by atoms with Crippen molar-refractivity contribution in [1.29, 1.82) is 5.26 Å². The molecule has 0 spiro atoms. The van der Waals surface area contributed by atoms with Crippen molar-refractivity contribution < 1.29 is 18.0 Å². The van der Waals surface area contributed by atoms with Gasteiger partial charge in [-0.2, -0.15) is 18.4 Å². The van der Waals surface area contributed by atoms with Crippen molar-refractivity contribution in [3.8, 4) is 16.6 Å². The number of rotatable bonds is 5. The Labute approximate surface area is 222 Å². The van der Waals surface area contributed by atoms with Gasteiger partial charge in [-0.05, 0) is 35.2 Å². The smallest absolute Gasteiger partial charge is 0.324 e. The van der Waals surface area contributed by atoms with E-state index in [0.29, 0.717) is 10.4 Å². The minimum atomic E-state index is -4.86. The Morgan fingerprint density at radius 1 is 1.00 bits per heavy atom. The van der Waals surface area contributed by atoms with Gasteiger partial charge in [0.1, 0.15) is 12.0 Å². The summed E-state index contributed by atoms with van der Waals surface area (Å²) in [6.45, 7) is 0. The third kappa shape index (κ3) is 5.35. The van der Waals surface area contributed by atoms with Crippen LogP contribution in [0.2, 0.25) is 15.1 Å². The molecule has 1 N–H and O–H groups in total. The van der Waals surface area contributed by atoms with Gasteiger partial charge >= 0.3 is 6.18 Å². The molecule has 1 atom stereocenters. The average Bonchev–Trinajstić information content (AvgIpc) is 3.37. The zero-order valence-electron chi connectivity index (χ0n) is 17.9.